The molecule has 0 heterocycles. The smallest absolute Gasteiger partial charge is 0.148 e. The maximum absolute atomic E-state index is 13.4. The van der Waals surface area contributed by atoms with Crippen LogP contribution in [0.15, 0.2) is 46.9 Å². The van der Waals surface area contributed by atoms with Crippen LogP contribution in [-0.2, 0) is 20.6 Å². The second kappa shape index (κ2) is 14.4. The number of halogens is 3. The van der Waals surface area contributed by atoms with Crippen molar-refractivity contribution < 1.29 is 23.5 Å². The first-order valence-electron chi connectivity index (χ1n) is 7.74. The van der Waals surface area contributed by atoms with E-state index in [1.54, 1.807) is 0 Å². The number of nitrogens with two attached hydrogens (primary N) is 1. The first kappa shape index (κ1) is 24.4. The van der Waals surface area contributed by atoms with E-state index < -0.39 is 11.9 Å². The Bertz CT molecular complexity index is 671. The highest BCUT2D eigenvalue weighted by Gasteiger charge is 2.09. The highest BCUT2D eigenvalue weighted by Crippen LogP contribution is 2.27. The van der Waals surface area contributed by atoms with Gasteiger partial charge in [0.05, 0.1) is 37.8 Å². The Morgan fingerprint density at radius 2 is 2.04 bits per heavy atom. The van der Waals surface area contributed by atoms with Gasteiger partial charge in [-0.25, -0.2) is 9.28 Å². The highest BCUT2D eigenvalue weighted by atomic mass is 127. The summed E-state index contributed by atoms with van der Waals surface area (Å²) in [4.78, 5) is 4.15. The fraction of sp³-hybridized carbons (Fsp3) is 0.294. The van der Waals surface area contributed by atoms with Crippen LogP contribution in [0.4, 0.5) is 15.8 Å². The first-order chi connectivity index (χ1) is 13.0. The van der Waals surface area contributed by atoms with Crippen LogP contribution < -0.4 is 11.1 Å². The standard InChI is InChI=1S/C16H18BrFN2O2.CH3IO2S/c17-13-6-15(19)14(18)7-16(13)20-8-12(21)10-22-9-11-4-2-1-3-5-11;1-3-4-5-2/h1-7,12,20-21H,8-10,19H2;1H3. The van der Waals surface area contributed by atoms with Gasteiger partial charge in [0.1, 0.15) is 15.0 Å². The minimum absolute atomic E-state index is 0.0733. The van der Waals surface area contributed by atoms with E-state index in [9.17, 15) is 9.50 Å². The van der Waals surface area contributed by atoms with Gasteiger partial charge in [-0.1, -0.05) is 30.3 Å². The van der Waals surface area contributed by atoms with Gasteiger partial charge in [-0.3, -0.25) is 0 Å². The van der Waals surface area contributed by atoms with E-state index in [0.29, 0.717) is 16.8 Å². The summed E-state index contributed by atoms with van der Waals surface area (Å²) in [6, 6.07) is 12.5. The average molecular weight is 575 g/mol. The van der Waals surface area contributed by atoms with Crippen molar-refractivity contribution in [2.45, 2.75) is 12.7 Å². The van der Waals surface area contributed by atoms with E-state index in [2.05, 4.69) is 30.5 Å². The molecule has 10 heteroatoms. The van der Waals surface area contributed by atoms with Crippen molar-refractivity contribution in [3.63, 3.8) is 0 Å². The number of rotatable bonds is 9. The van der Waals surface area contributed by atoms with Crippen LogP contribution in [0.1, 0.15) is 5.56 Å². The summed E-state index contributed by atoms with van der Waals surface area (Å²) in [7, 11) is 2.61. The van der Waals surface area contributed by atoms with Crippen molar-refractivity contribution in [1.82, 2.24) is 0 Å². The predicted molar refractivity (Wildman–Crippen MR) is 119 cm³/mol. The Hall–Kier alpha value is -0.630. The van der Waals surface area contributed by atoms with E-state index in [1.807, 2.05) is 51.5 Å². The van der Waals surface area contributed by atoms with Crippen molar-refractivity contribution in [3.8, 4) is 0 Å². The van der Waals surface area contributed by atoms with Gasteiger partial charge in [-0.2, -0.15) is 4.33 Å². The number of nitrogen functional groups attached to an aromatic ring is 1. The molecule has 6 nitrogen and oxygen atoms in total. The third-order valence-corrected chi connectivity index (χ3v) is 4.41. The number of ether oxygens (including phenoxy) is 1. The summed E-state index contributed by atoms with van der Waals surface area (Å²) in [5.41, 5.74) is 7.12. The second-order valence-electron chi connectivity index (χ2n) is 5.19. The van der Waals surface area contributed by atoms with Crippen LogP contribution in [0.25, 0.3) is 0 Å². The number of aliphatic hydroxyl groups is 1. The summed E-state index contributed by atoms with van der Waals surface area (Å²) in [5, 5.41) is 12.8. The number of hydrogen-bond acceptors (Lipinski definition) is 7. The lowest BCUT2D eigenvalue weighted by molar-refractivity contribution is -0.157. The fourth-order valence-corrected chi connectivity index (χ4v) is 2.89. The van der Waals surface area contributed by atoms with E-state index in [4.69, 9.17) is 10.5 Å². The molecular weight excluding hydrogens is 554 g/mol. The molecule has 0 aromatic heterocycles. The van der Waals surface area contributed by atoms with Gasteiger partial charge >= 0.3 is 0 Å². The molecule has 0 radical (unpaired) electrons. The van der Waals surface area contributed by atoms with Crippen molar-refractivity contribution in [1.29, 1.82) is 0 Å². The third-order valence-electron chi connectivity index (χ3n) is 3.13. The molecule has 1 unspecified atom stereocenters. The number of benzene rings is 2. The molecule has 2 aromatic rings. The zero-order chi connectivity index (χ0) is 20.1. The molecule has 2 rings (SSSR count). The molecule has 0 aliphatic heterocycles. The lowest BCUT2D eigenvalue weighted by Crippen LogP contribution is -2.25. The number of nitrogens with one attached hydrogen (secondary N) is 1. The van der Waals surface area contributed by atoms with Crippen LogP contribution in [0.3, 0.4) is 0 Å². The zero-order valence-corrected chi connectivity index (χ0v) is 19.1. The van der Waals surface area contributed by atoms with Gasteiger partial charge in [0, 0.05) is 38.3 Å². The SMILES string of the molecule is COOSI.Nc1cc(Br)c(NCC(O)COCc2ccccc2)cc1F. The molecule has 0 spiro atoms. The van der Waals surface area contributed by atoms with E-state index in [1.165, 1.54) is 19.2 Å². The van der Waals surface area contributed by atoms with E-state index in [-0.39, 0.29) is 18.8 Å². The number of anilines is 2. The minimum atomic E-state index is -0.698. The maximum Gasteiger partial charge on any atom is 0.148 e. The number of hydrogen-bond donors (Lipinski definition) is 3. The second-order valence-corrected chi connectivity index (χ2v) is 7.38. The summed E-state index contributed by atoms with van der Waals surface area (Å²) in [6.07, 6.45) is -0.698. The van der Waals surface area contributed by atoms with Crippen molar-refractivity contribution in [2.75, 3.05) is 31.3 Å². The van der Waals surface area contributed by atoms with Crippen LogP contribution >= 0.6 is 46.3 Å². The molecule has 150 valence electrons. The average Bonchev–Trinajstić information content (AvgIpc) is 2.66. The first-order valence-corrected chi connectivity index (χ1v) is 11.8. The molecule has 0 aliphatic rings. The van der Waals surface area contributed by atoms with Crippen molar-refractivity contribution in [2.24, 2.45) is 0 Å². The van der Waals surface area contributed by atoms with Gasteiger partial charge in [0.2, 0.25) is 0 Å². The molecule has 0 saturated carbocycles. The molecule has 1 atom stereocenters. The van der Waals surface area contributed by atoms with Crippen LogP contribution in [0.5, 0.6) is 0 Å². The third kappa shape index (κ3) is 10.5. The van der Waals surface area contributed by atoms with E-state index >= 15 is 0 Å². The van der Waals surface area contributed by atoms with Crippen LogP contribution in [0, 0.1) is 5.82 Å². The summed E-state index contributed by atoms with van der Waals surface area (Å²) in [6.45, 7) is 0.881. The topological polar surface area (TPSA) is 86.0 Å². The Morgan fingerprint density at radius 1 is 1.33 bits per heavy atom. The molecule has 0 fully saturated rings. The van der Waals surface area contributed by atoms with Gasteiger partial charge in [-0.15, -0.1) is 0 Å². The van der Waals surface area contributed by atoms with Crippen molar-refractivity contribution >= 4 is 57.7 Å². The van der Waals surface area contributed by atoms with Gasteiger partial charge in [0.15, 0.2) is 0 Å². The van der Waals surface area contributed by atoms with Gasteiger partial charge < -0.3 is 20.9 Å². The molecule has 0 saturated heterocycles. The zero-order valence-electron chi connectivity index (χ0n) is 14.5. The lowest BCUT2D eigenvalue weighted by atomic mass is 10.2. The monoisotopic (exact) mass is 574 g/mol. The summed E-state index contributed by atoms with van der Waals surface area (Å²) >= 11 is 5.25. The normalized spacial score (nSPS) is 11.4. The van der Waals surface area contributed by atoms with Crippen molar-refractivity contribution in [3.05, 3.63) is 58.3 Å². The minimum Gasteiger partial charge on any atom is -0.396 e. The molecular formula is C17H21BrFIN2O4S. The fourth-order valence-electron chi connectivity index (χ4n) is 1.90. The Morgan fingerprint density at radius 3 is 2.63 bits per heavy atom. The Labute approximate surface area is 182 Å². The molecule has 27 heavy (non-hydrogen) atoms. The Kier molecular flexibility index (Phi) is 13.0. The quantitative estimate of drug-likeness (QED) is 0.131. The maximum atomic E-state index is 13.4. The van der Waals surface area contributed by atoms with Crippen LogP contribution in [0.2, 0.25) is 0 Å². The highest BCUT2D eigenvalue weighted by molar-refractivity contribution is 14.2. The molecule has 2 aromatic carbocycles. The summed E-state index contributed by atoms with van der Waals surface area (Å²) in [5.74, 6) is -0.500. The Balaban J connectivity index is 0.000000646. The predicted octanol–water partition coefficient (Wildman–Crippen LogP) is 4.72. The molecule has 4 N–H and O–H groups in total. The molecule has 0 bridgehead atoms. The van der Waals surface area contributed by atoms with Crippen LogP contribution in [-0.4, -0.2) is 31.5 Å². The lowest BCUT2D eigenvalue weighted by Gasteiger charge is -2.15. The largest absolute Gasteiger partial charge is 0.396 e. The van der Waals surface area contributed by atoms with Gasteiger partial charge in [-0.05, 0) is 27.6 Å². The van der Waals surface area contributed by atoms with E-state index in [0.717, 1.165) is 14.8 Å². The summed E-state index contributed by atoms with van der Waals surface area (Å²) < 4.78 is 23.7. The molecule has 0 aliphatic carbocycles. The molecule has 0 amide bonds. The number of aliphatic hydroxyl groups excluding tert-OH is 1. The van der Waals surface area contributed by atoms with Gasteiger partial charge in [0.25, 0.3) is 0 Å².